The normalized spacial score (nSPS) is 10.4. The van der Waals surface area contributed by atoms with E-state index in [9.17, 15) is 4.39 Å². The van der Waals surface area contributed by atoms with Crippen LogP contribution in [0.2, 0.25) is 10.0 Å². The van der Waals surface area contributed by atoms with Gasteiger partial charge in [-0.05, 0) is 34.1 Å². The van der Waals surface area contributed by atoms with Gasteiger partial charge in [0.2, 0.25) is 0 Å². The van der Waals surface area contributed by atoms with Crippen molar-refractivity contribution >= 4 is 56.3 Å². The number of rotatable bonds is 2. The van der Waals surface area contributed by atoms with Crippen LogP contribution in [0.1, 0.15) is 0 Å². The van der Waals surface area contributed by atoms with Crippen molar-refractivity contribution in [1.82, 2.24) is 4.98 Å². The zero-order valence-electron chi connectivity index (χ0n) is 8.85. The van der Waals surface area contributed by atoms with Crippen molar-refractivity contribution in [2.45, 2.75) is 0 Å². The molecule has 1 aromatic carbocycles. The molecule has 0 amide bonds. The lowest BCUT2D eigenvalue weighted by Crippen LogP contribution is -1.97. The van der Waals surface area contributed by atoms with E-state index in [1.54, 1.807) is 6.07 Å². The second kappa shape index (κ2) is 5.30. The molecule has 2 rings (SSSR count). The standard InChI is InChI=1S/C11H7BrCl2FN3/c12-7-1-5(16)4-17-11(7)18-6-2-8(13)10(15)9(14)3-6/h1-4H,16H2,(H,17,18). The van der Waals surface area contributed by atoms with Crippen LogP contribution < -0.4 is 11.1 Å². The van der Waals surface area contributed by atoms with Gasteiger partial charge in [0.1, 0.15) is 5.82 Å². The minimum absolute atomic E-state index is 0.0587. The van der Waals surface area contributed by atoms with E-state index in [1.807, 2.05) is 0 Å². The summed E-state index contributed by atoms with van der Waals surface area (Å²) in [6.07, 6.45) is 1.50. The Balaban J connectivity index is 2.34. The number of nitrogens with one attached hydrogen (secondary N) is 1. The van der Waals surface area contributed by atoms with Crippen molar-refractivity contribution in [2.75, 3.05) is 11.1 Å². The van der Waals surface area contributed by atoms with Crippen LogP contribution in [0.3, 0.4) is 0 Å². The van der Waals surface area contributed by atoms with E-state index in [0.717, 1.165) is 0 Å². The van der Waals surface area contributed by atoms with Crippen molar-refractivity contribution < 1.29 is 4.39 Å². The molecule has 3 N–H and O–H groups in total. The van der Waals surface area contributed by atoms with Gasteiger partial charge in [-0.15, -0.1) is 0 Å². The van der Waals surface area contributed by atoms with Crippen molar-refractivity contribution in [1.29, 1.82) is 0 Å². The summed E-state index contributed by atoms with van der Waals surface area (Å²) >= 11 is 14.7. The van der Waals surface area contributed by atoms with Gasteiger partial charge in [-0.2, -0.15) is 0 Å². The topological polar surface area (TPSA) is 50.9 Å². The molecule has 1 aromatic heterocycles. The fourth-order valence-corrected chi connectivity index (χ4v) is 2.26. The van der Waals surface area contributed by atoms with Gasteiger partial charge in [-0.1, -0.05) is 23.2 Å². The Labute approximate surface area is 121 Å². The summed E-state index contributed by atoms with van der Waals surface area (Å²) < 4.78 is 13.9. The molecule has 7 heteroatoms. The number of nitrogens with two attached hydrogens (primary N) is 1. The molecular weight excluding hydrogens is 344 g/mol. The van der Waals surface area contributed by atoms with Gasteiger partial charge in [0, 0.05) is 5.69 Å². The van der Waals surface area contributed by atoms with Gasteiger partial charge in [0.25, 0.3) is 0 Å². The third kappa shape index (κ3) is 2.85. The van der Waals surface area contributed by atoms with Crippen LogP contribution in [0.5, 0.6) is 0 Å². The molecule has 0 saturated carbocycles. The summed E-state index contributed by atoms with van der Waals surface area (Å²) in [5, 5.41) is 2.84. The number of aromatic nitrogens is 1. The molecule has 0 radical (unpaired) electrons. The Bertz CT molecular complexity index is 584. The Hall–Kier alpha value is -1.04. The number of hydrogen-bond acceptors (Lipinski definition) is 3. The number of nitrogens with zero attached hydrogens (tertiary/aromatic N) is 1. The molecule has 3 nitrogen and oxygen atoms in total. The molecule has 0 atom stereocenters. The van der Waals surface area contributed by atoms with Crippen LogP contribution in [0.4, 0.5) is 21.6 Å². The van der Waals surface area contributed by atoms with Gasteiger partial charge < -0.3 is 11.1 Å². The molecule has 0 bridgehead atoms. The zero-order valence-corrected chi connectivity index (χ0v) is 11.9. The maximum atomic E-state index is 13.2. The second-order valence-electron chi connectivity index (χ2n) is 3.48. The maximum Gasteiger partial charge on any atom is 0.160 e. The molecule has 0 spiro atoms. The first kappa shape index (κ1) is 13.4. The summed E-state index contributed by atoms with van der Waals surface area (Å²) in [5.41, 5.74) is 6.64. The summed E-state index contributed by atoms with van der Waals surface area (Å²) in [7, 11) is 0. The van der Waals surface area contributed by atoms with Crippen LogP contribution >= 0.6 is 39.1 Å². The Kier molecular flexibility index (Phi) is 3.94. The van der Waals surface area contributed by atoms with Gasteiger partial charge in [0.15, 0.2) is 5.82 Å². The highest BCUT2D eigenvalue weighted by molar-refractivity contribution is 9.10. The molecule has 0 unspecified atom stereocenters. The highest BCUT2D eigenvalue weighted by atomic mass is 79.9. The average Bonchev–Trinajstić information content (AvgIpc) is 2.29. The van der Waals surface area contributed by atoms with Crippen molar-refractivity contribution in [2.24, 2.45) is 0 Å². The summed E-state index contributed by atoms with van der Waals surface area (Å²) in [4.78, 5) is 4.09. The minimum atomic E-state index is -0.645. The molecule has 0 aliphatic carbocycles. The molecule has 0 saturated heterocycles. The lowest BCUT2D eigenvalue weighted by molar-refractivity contribution is 0.629. The quantitative estimate of drug-likeness (QED) is 0.777. The Morgan fingerprint density at radius 3 is 2.39 bits per heavy atom. The molecule has 94 valence electrons. The van der Waals surface area contributed by atoms with Crippen LogP contribution in [-0.4, -0.2) is 4.98 Å². The van der Waals surface area contributed by atoms with Crippen LogP contribution in [-0.2, 0) is 0 Å². The van der Waals surface area contributed by atoms with Crippen LogP contribution in [0.15, 0.2) is 28.9 Å². The lowest BCUT2D eigenvalue weighted by atomic mass is 10.3. The predicted octanol–water partition coefficient (Wildman–Crippen LogP) is 4.62. The van der Waals surface area contributed by atoms with Crippen LogP contribution in [0, 0.1) is 5.82 Å². The maximum absolute atomic E-state index is 13.2. The van der Waals surface area contributed by atoms with Gasteiger partial charge >= 0.3 is 0 Å². The van der Waals surface area contributed by atoms with E-state index in [1.165, 1.54) is 18.3 Å². The van der Waals surface area contributed by atoms with E-state index >= 15 is 0 Å². The first-order valence-electron chi connectivity index (χ1n) is 4.80. The van der Waals surface area contributed by atoms with E-state index in [2.05, 4.69) is 26.2 Å². The summed E-state index contributed by atoms with van der Waals surface area (Å²) in [6.45, 7) is 0. The average molecular weight is 351 g/mol. The second-order valence-corrected chi connectivity index (χ2v) is 5.15. The first-order valence-corrected chi connectivity index (χ1v) is 6.35. The van der Waals surface area contributed by atoms with Crippen molar-refractivity contribution in [3.05, 3.63) is 44.7 Å². The van der Waals surface area contributed by atoms with Crippen LogP contribution in [0.25, 0.3) is 0 Å². The Morgan fingerprint density at radius 1 is 1.22 bits per heavy atom. The number of pyridine rings is 1. The predicted molar refractivity (Wildman–Crippen MR) is 76.1 cm³/mol. The summed E-state index contributed by atoms with van der Waals surface area (Å²) in [6, 6.07) is 4.54. The molecule has 18 heavy (non-hydrogen) atoms. The highest BCUT2D eigenvalue weighted by Gasteiger charge is 2.09. The minimum Gasteiger partial charge on any atom is -0.397 e. The number of benzene rings is 1. The number of anilines is 3. The summed E-state index contributed by atoms with van der Waals surface area (Å²) in [5.74, 6) is -0.115. The smallest absolute Gasteiger partial charge is 0.160 e. The largest absolute Gasteiger partial charge is 0.397 e. The zero-order chi connectivity index (χ0) is 13.3. The molecule has 0 aliphatic rings. The molecular formula is C11H7BrCl2FN3. The number of nitrogen functional groups attached to an aromatic ring is 1. The fraction of sp³-hybridized carbons (Fsp3) is 0. The third-order valence-corrected chi connectivity index (χ3v) is 3.26. The lowest BCUT2D eigenvalue weighted by Gasteiger charge is -2.09. The van der Waals surface area contributed by atoms with E-state index in [-0.39, 0.29) is 10.0 Å². The van der Waals surface area contributed by atoms with Crippen molar-refractivity contribution in [3.8, 4) is 0 Å². The molecule has 1 heterocycles. The SMILES string of the molecule is Nc1cnc(Nc2cc(Cl)c(F)c(Cl)c2)c(Br)c1. The number of hydrogen-bond donors (Lipinski definition) is 2. The first-order chi connectivity index (χ1) is 8.47. The monoisotopic (exact) mass is 349 g/mol. The third-order valence-electron chi connectivity index (χ3n) is 2.11. The fourth-order valence-electron chi connectivity index (χ4n) is 1.31. The van der Waals surface area contributed by atoms with Gasteiger partial charge in [-0.3, -0.25) is 0 Å². The van der Waals surface area contributed by atoms with E-state index < -0.39 is 5.82 Å². The molecule has 0 fully saturated rings. The highest BCUT2D eigenvalue weighted by Crippen LogP contribution is 2.31. The number of halogens is 4. The van der Waals surface area contributed by atoms with E-state index in [4.69, 9.17) is 28.9 Å². The molecule has 0 aliphatic heterocycles. The molecule has 2 aromatic rings. The van der Waals surface area contributed by atoms with Gasteiger partial charge in [-0.25, -0.2) is 9.37 Å². The van der Waals surface area contributed by atoms with E-state index in [0.29, 0.717) is 21.7 Å². The van der Waals surface area contributed by atoms with Gasteiger partial charge in [0.05, 0.1) is 26.4 Å². The Morgan fingerprint density at radius 2 is 1.83 bits per heavy atom. The van der Waals surface area contributed by atoms with Crippen molar-refractivity contribution in [3.63, 3.8) is 0 Å².